The number of carbonyl (C=O) groups excluding carboxylic acids is 1. The van der Waals surface area contributed by atoms with Crippen LogP contribution >= 0.6 is 0 Å². The molecule has 0 heterocycles. The van der Waals surface area contributed by atoms with Gasteiger partial charge in [0.1, 0.15) is 17.5 Å². The molecule has 164 valence electrons. The first-order valence-electron chi connectivity index (χ1n) is 9.72. The number of hydrogen-bond acceptors (Lipinski definition) is 5. The average Bonchev–Trinajstić information content (AvgIpc) is 2.70. The van der Waals surface area contributed by atoms with Crippen LogP contribution in [0.3, 0.4) is 0 Å². The topological polar surface area (TPSA) is 84.9 Å². The molecule has 0 aromatic heterocycles. The van der Waals surface area contributed by atoms with Crippen molar-refractivity contribution < 1.29 is 22.7 Å². The van der Waals surface area contributed by atoms with E-state index in [-0.39, 0.29) is 5.91 Å². The molecule has 0 aliphatic rings. The number of para-hydroxylation sites is 1. The average molecular weight is 435 g/mol. The summed E-state index contributed by atoms with van der Waals surface area (Å²) in [6, 6.07) is 12.0. The number of anilines is 1. The van der Waals surface area contributed by atoms with Crippen LogP contribution in [0.15, 0.2) is 42.5 Å². The molecule has 0 unspecified atom stereocenters. The third kappa shape index (κ3) is 5.89. The molecule has 0 aliphatic carbocycles. The highest BCUT2D eigenvalue weighted by Gasteiger charge is 2.31. The van der Waals surface area contributed by atoms with Crippen LogP contribution < -0.4 is 19.1 Å². The monoisotopic (exact) mass is 434 g/mol. The Morgan fingerprint density at radius 2 is 1.77 bits per heavy atom. The van der Waals surface area contributed by atoms with Crippen LogP contribution in [-0.4, -0.2) is 47.4 Å². The van der Waals surface area contributed by atoms with E-state index < -0.39 is 16.1 Å². The summed E-state index contributed by atoms with van der Waals surface area (Å²) in [4.78, 5) is 12.7. The van der Waals surface area contributed by atoms with Crippen molar-refractivity contribution in [2.45, 2.75) is 32.7 Å². The van der Waals surface area contributed by atoms with Gasteiger partial charge in [-0.05, 0) is 56.0 Å². The fourth-order valence-electron chi connectivity index (χ4n) is 3.30. The highest BCUT2D eigenvalue weighted by Crippen LogP contribution is 2.32. The smallest absolute Gasteiger partial charge is 0.243 e. The van der Waals surface area contributed by atoms with E-state index in [0.29, 0.717) is 24.4 Å². The number of carbonyl (C=O) groups is 1. The highest BCUT2D eigenvalue weighted by molar-refractivity contribution is 7.92. The van der Waals surface area contributed by atoms with Crippen LogP contribution in [0.5, 0.6) is 11.5 Å². The Labute approximate surface area is 179 Å². The van der Waals surface area contributed by atoms with Gasteiger partial charge in [0, 0.05) is 6.54 Å². The summed E-state index contributed by atoms with van der Waals surface area (Å²) in [7, 11) is -0.622. The molecule has 0 bridgehead atoms. The van der Waals surface area contributed by atoms with Gasteiger partial charge >= 0.3 is 0 Å². The van der Waals surface area contributed by atoms with Gasteiger partial charge in [-0.15, -0.1) is 0 Å². The molecule has 8 heteroatoms. The van der Waals surface area contributed by atoms with Gasteiger partial charge in [0.2, 0.25) is 15.9 Å². The molecule has 0 fully saturated rings. The van der Waals surface area contributed by atoms with E-state index in [1.807, 2.05) is 37.3 Å². The van der Waals surface area contributed by atoms with E-state index in [1.165, 1.54) is 7.11 Å². The van der Waals surface area contributed by atoms with Gasteiger partial charge in [0.15, 0.2) is 0 Å². The van der Waals surface area contributed by atoms with Crippen molar-refractivity contribution in [1.82, 2.24) is 5.32 Å². The lowest BCUT2D eigenvalue weighted by Crippen LogP contribution is -2.48. The molecule has 0 radical (unpaired) electrons. The first-order chi connectivity index (χ1) is 14.2. The van der Waals surface area contributed by atoms with E-state index in [1.54, 1.807) is 26.2 Å². The molecule has 0 saturated heterocycles. The fraction of sp³-hybridized carbons (Fsp3) is 0.409. The van der Waals surface area contributed by atoms with Gasteiger partial charge in [-0.3, -0.25) is 9.10 Å². The molecule has 1 atom stereocenters. The van der Waals surface area contributed by atoms with Crippen LogP contribution in [0, 0.1) is 6.92 Å². The molecular formula is C22H30N2O5S. The highest BCUT2D eigenvalue weighted by atomic mass is 32.2. The molecule has 2 aromatic rings. The first-order valence-corrected chi connectivity index (χ1v) is 11.6. The van der Waals surface area contributed by atoms with E-state index >= 15 is 0 Å². The molecule has 1 amide bonds. The van der Waals surface area contributed by atoms with Crippen molar-refractivity contribution in [3.8, 4) is 11.5 Å². The third-order valence-electron chi connectivity index (χ3n) is 4.77. The summed E-state index contributed by atoms with van der Waals surface area (Å²) in [6.45, 7) is 3.84. The molecule has 2 aromatic carbocycles. The lowest BCUT2D eigenvalue weighted by atomic mass is 10.1. The van der Waals surface area contributed by atoms with Crippen LogP contribution in [0.1, 0.15) is 24.5 Å². The number of sulfonamides is 1. The fourth-order valence-corrected chi connectivity index (χ4v) is 4.47. The van der Waals surface area contributed by atoms with Crippen molar-refractivity contribution in [2.24, 2.45) is 0 Å². The standard InChI is InChI=1S/C22H30N2O5S/c1-16-12-13-21(29-4)19(15-16)24(30(5,26)27)17(2)22(25)23-14-8-10-18-9-6-7-11-20(18)28-3/h6-7,9,11-13,15,17H,8,10,14H2,1-5H3,(H,23,25)/t17-/m1/s1. The molecule has 0 spiro atoms. The van der Waals surface area contributed by atoms with Gasteiger partial charge in [-0.1, -0.05) is 24.3 Å². The first kappa shape index (κ1) is 23.5. The maximum atomic E-state index is 12.7. The second-order valence-corrected chi connectivity index (χ2v) is 8.98. The van der Waals surface area contributed by atoms with E-state index in [0.717, 1.165) is 33.9 Å². The van der Waals surface area contributed by atoms with Crippen molar-refractivity contribution >= 4 is 21.6 Å². The molecular weight excluding hydrogens is 404 g/mol. The minimum Gasteiger partial charge on any atom is -0.496 e. The minimum absolute atomic E-state index is 0.344. The Morgan fingerprint density at radius 3 is 2.40 bits per heavy atom. The van der Waals surface area contributed by atoms with Crippen LogP contribution in [-0.2, 0) is 21.2 Å². The number of benzene rings is 2. The Morgan fingerprint density at radius 1 is 1.10 bits per heavy atom. The molecule has 1 N–H and O–H groups in total. The quantitative estimate of drug-likeness (QED) is 0.581. The van der Waals surface area contributed by atoms with Gasteiger partial charge in [0.25, 0.3) is 0 Å². The zero-order valence-electron chi connectivity index (χ0n) is 18.1. The van der Waals surface area contributed by atoms with Gasteiger partial charge < -0.3 is 14.8 Å². The van der Waals surface area contributed by atoms with Crippen LogP contribution in [0.4, 0.5) is 5.69 Å². The van der Waals surface area contributed by atoms with E-state index in [4.69, 9.17) is 9.47 Å². The van der Waals surface area contributed by atoms with Crippen molar-refractivity contribution in [3.63, 3.8) is 0 Å². The molecule has 7 nitrogen and oxygen atoms in total. The molecule has 0 aliphatic heterocycles. The summed E-state index contributed by atoms with van der Waals surface area (Å²) >= 11 is 0. The van der Waals surface area contributed by atoms with E-state index in [9.17, 15) is 13.2 Å². The Kier molecular flexibility index (Phi) is 8.11. The number of nitrogens with zero attached hydrogens (tertiary/aromatic N) is 1. The minimum atomic E-state index is -3.72. The second kappa shape index (κ2) is 10.3. The zero-order chi connectivity index (χ0) is 22.3. The zero-order valence-corrected chi connectivity index (χ0v) is 19.0. The molecule has 0 saturated carbocycles. The molecule has 30 heavy (non-hydrogen) atoms. The van der Waals surface area contributed by atoms with Gasteiger partial charge in [-0.25, -0.2) is 8.42 Å². The third-order valence-corrected chi connectivity index (χ3v) is 6.00. The van der Waals surface area contributed by atoms with Gasteiger partial charge in [0.05, 0.1) is 26.2 Å². The number of hydrogen-bond donors (Lipinski definition) is 1. The summed E-state index contributed by atoms with van der Waals surface area (Å²) < 4.78 is 36.8. The summed E-state index contributed by atoms with van der Waals surface area (Å²) in [5.74, 6) is 0.831. The lowest BCUT2D eigenvalue weighted by Gasteiger charge is -2.29. The normalized spacial score (nSPS) is 12.2. The summed E-state index contributed by atoms with van der Waals surface area (Å²) in [5, 5.41) is 2.84. The predicted octanol–water partition coefficient (Wildman–Crippen LogP) is 2.92. The Hall–Kier alpha value is -2.74. The van der Waals surface area contributed by atoms with Crippen LogP contribution in [0.2, 0.25) is 0 Å². The second-order valence-electron chi connectivity index (χ2n) is 7.12. The summed E-state index contributed by atoms with van der Waals surface area (Å²) in [5.41, 5.74) is 2.27. The Balaban J connectivity index is 2.09. The van der Waals surface area contributed by atoms with Crippen LogP contribution in [0.25, 0.3) is 0 Å². The van der Waals surface area contributed by atoms with Crippen molar-refractivity contribution in [2.75, 3.05) is 31.3 Å². The number of ether oxygens (including phenoxy) is 2. The van der Waals surface area contributed by atoms with Crippen molar-refractivity contribution in [3.05, 3.63) is 53.6 Å². The predicted molar refractivity (Wildman–Crippen MR) is 119 cm³/mol. The number of rotatable bonds is 10. The van der Waals surface area contributed by atoms with Crippen molar-refractivity contribution in [1.29, 1.82) is 0 Å². The SMILES string of the molecule is COc1ccccc1CCCNC(=O)[C@@H](C)N(c1cc(C)ccc1OC)S(C)(=O)=O. The maximum absolute atomic E-state index is 12.7. The maximum Gasteiger partial charge on any atom is 0.243 e. The van der Waals surface area contributed by atoms with E-state index in [2.05, 4.69) is 5.32 Å². The number of amides is 1. The number of aryl methyl sites for hydroxylation is 2. The molecule has 2 rings (SSSR count). The number of methoxy groups -OCH3 is 2. The Bertz CT molecular complexity index is 975. The lowest BCUT2D eigenvalue weighted by molar-refractivity contribution is -0.121. The largest absolute Gasteiger partial charge is 0.496 e. The summed E-state index contributed by atoms with van der Waals surface area (Å²) in [6.07, 6.45) is 2.52. The van der Waals surface area contributed by atoms with Gasteiger partial charge in [-0.2, -0.15) is 0 Å². The number of nitrogens with one attached hydrogen (secondary N) is 1.